The largest absolute Gasteiger partial charge is 0.399 e. The molecule has 4 N–H and O–H groups in total. The fourth-order valence-corrected chi connectivity index (χ4v) is 1.49. The van der Waals surface area contributed by atoms with E-state index in [1.54, 1.807) is 12.1 Å². The number of nitrogens with one attached hydrogen (secondary N) is 2. The molecule has 1 aromatic carbocycles. The van der Waals surface area contributed by atoms with Gasteiger partial charge in [0.1, 0.15) is 4.47 Å². The summed E-state index contributed by atoms with van der Waals surface area (Å²) in [6, 6.07) is 7.15. The number of aromatic amines is 1. The fraction of sp³-hybridized carbons (Fsp3) is 0. The van der Waals surface area contributed by atoms with E-state index < -0.39 is 0 Å². The SMILES string of the molecule is Nc1ccc(Nc2nc[nH]c(=O)c2Br)cc1. The Morgan fingerprint density at radius 3 is 2.69 bits per heavy atom. The molecule has 0 unspecified atom stereocenters. The van der Waals surface area contributed by atoms with Crippen molar-refractivity contribution in [3.63, 3.8) is 0 Å². The van der Waals surface area contributed by atoms with Crippen molar-refractivity contribution in [2.24, 2.45) is 0 Å². The minimum absolute atomic E-state index is 0.229. The van der Waals surface area contributed by atoms with E-state index in [-0.39, 0.29) is 5.56 Å². The lowest BCUT2D eigenvalue weighted by molar-refractivity contribution is 1.10. The van der Waals surface area contributed by atoms with Gasteiger partial charge in [0, 0.05) is 11.4 Å². The summed E-state index contributed by atoms with van der Waals surface area (Å²) < 4.78 is 0.367. The van der Waals surface area contributed by atoms with Crippen LogP contribution in [-0.2, 0) is 0 Å². The molecule has 0 aliphatic carbocycles. The molecular weight excluding hydrogens is 272 g/mol. The van der Waals surface area contributed by atoms with Crippen LogP contribution < -0.4 is 16.6 Å². The van der Waals surface area contributed by atoms with Crippen LogP contribution in [0.15, 0.2) is 39.9 Å². The Balaban J connectivity index is 2.30. The summed E-state index contributed by atoms with van der Waals surface area (Å²) in [6.45, 7) is 0. The second-order valence-corrected chi connectivity index (χ2v) is 3.93. The molecule has 0 fully saturated rings. The number of H-pyrrole nitrogens is 1. The highest BCUT2D eigenvalue weighted by Crippen LogP contribution is 2.20. The molecule has 5 nitrogen and oxygen atoms in total. The van der Waals surface area contributed by atoms with Crippen molar-refractivity contribution >= 4 is 33.1 Å². The van der Waals surface area contributed by atoms with Crippen LogP contribution in [0, 0.1) is 0 Å². The van der Waals surface area contributed by atoms with Gasteiger partial charge in [-0.2, -0.15) is 0 Å². The molecule has 0 aliphatic heterocycles. The third-order valence-electron chi connectivity index (χ3n) is 1.97. The summed E-state index contributed by atoms with van der Waals surface area (Å²) in [5.74, 6) is 0.466. The summed E-state index contributed by atoms with van der Waals surface area (Å²) in [5.41, 5.74) is 6.83. The molecule has 1 heterocycles. The molecule has 0 aliphatic rings. The lowest BCUT2D eigenvalue weighted by atomic mass is 10.3. The summed E-state index contributed by atoms with van der Waals surface area (Å²) >= 11 is 3.16. The average molecular weight is 281 g/mol. The van der Waals surface area contributed by atoms with E-state index in [2.05, 4.69) is 31.2 Å². The maximum atomic E-state index is 11.3. The number of rotatable bonds is 2. The summed E-state index contributed by atoms with van der Waals surface area (Å²) in [7, 11) is 0. The maximum absolute atomic E-state index is 11.3. The summed E-state index contributed by atoms with van der Waals surface area (Å²) in [5, 5.41) is 3.01. The lowest BCUT2D eigenvalue weighted by Crippen LogP contribution is -2.09. The van der Waals surface area contributed by atoms with Crippen LogP contribution in [-0.4, -0.2) is 9.97 Å². The Morgan fingerprint density at radius 1 is 1.31 bits per heavy atom. The Morgan fingerprint density at radius 2 is 2.00 bits per heavy atom. The number of nitrogens with two attached hydrogens (primary N) is 1. The number of benzene rings is 1. The number of anilines is 3. The van der Waals surface area contributed by atoms with Crippen LogP contribution in [0.1, 0.15) is 0 Å². The molecule has 0 saturated carbocycles. The van der Waals surface area contributed by atoms with Crippen LogP contribution in [0.2, 0.25) is 0 Å². The van der Waals surface area contributed by atoms with Crippen molar-refractivity contribution in [1.82, 2.24) is 9.97 Å². The molecule has 16 heavy (non-hydrogen) atoms. The van der Waals surface area contributed by atoms with E-state index in [0.717, 1.165) is 5.69 Å². The first kappa shape index (κ1) is 10.7. The average Bonchev–Trinajstić information content (AvgIpc) is 2.28. The molecule has 2 rings (SSSR count). The summed E-state index contributed by atoms with van der Waals surface area (Å²) in [4.78, 5) is 17.8. The lowest BCUT2D eigenvalue weighted by Gasteiger charge is -2.06. The molecule has 1 aromatic heterocycles. The topological polar surface area (TPSA) is 83.8 Å². The third-order valence-corrected chi connectivity index (χ3v) is 2.71. The van der Waals surface area contributed by atoms with Crippen LogP contribution in [0.3, 0.4) is 0 Å². The zero-order valence-electron chi connectivity index (χ0n) is 8.20. The van der Waals surface area contributed by atoms with Gasteiger partial charge in [-0.3, -0.25) is 4.79 Å². The van der Waals surface area contributed by atoms with Crippen molar-refractivity contribution in [2.45, 2.75) is 0 Å². The molecule has 0 bridgehead atoms. The highest BCUT2D eigenvalue weighted by Gasteiger charge is 2.04. The van der Waals surface area contributed by atoms with Crippen molar-refractivity contribution in [1.29, 1.82) is 0 Å². The van der Waals surface area contributed by atoms with Crippen molar-refractivity contribution in [3.8, 4) is 0 Å². The molecule has 2 aromatic rings. The zero-order valence-corrected chi connectivity index (χ0v) is 9.78. The molecule has 82 valence electrons. The van der Waals surface area contributed by atoms with Gasteiger partial charge >= 0.3 is 0 Å². The number of nitrogen functional groups attached to an aromatic ring is 1. The van der Waals surface area contributed by atoms with Gasteiger partial charge < -0.3 is 16.0 Å². The van der Waals surface area contributed by atoms with Gasteiger partial charge in [-0.1, -0.05) is 0 Å². The second-order valence-electron chi connectivity index (χ2n) is 3.14. The first-order valence-corrected chi connectivity index (χ1v) is 5.32. The second kappa shape index (κ2) is 4.36. The smallest absolute Gasteiger partial charge is 0.267 e. The van der Waals surface area contributed by atoms with E-state index in [0.29, 0.717) is 16.0 Å². The minimum atomic E-state index is -0.229. The van der Waals surface area contributed by atoms with Gasteiger partial charge in [0.25, 0.3) is 5.56 Å². The third kappa shape index (κ3) is 2.22. The molecular formula is C10H9BrN4O. The van der Waals surface area contributed by atoms with Gasteiger partial charge in [-0.05, 0) is 40.2 Å². The standard InChI is InChI=1S/C10H9BrN4O/c11-8-9(13-5-14-10(8)16)15-7-3-1-6(12)2-4-7/h1-5H,12H2,(H2,13,14,15,16). The van der Waals surface area contributed by atoms with Crippen molar-refractivity contribution in [3.05, 3.63) is 45.4 Å². The number of hydrogen-bond acceptors (Lipinski definition) is 4. The summed E-state index contributed by atoms with van der Waals surface area (Å²) in [6.07, 6.45) is 1.34. The van der Waals surface area contributed by atoms with E-state index in [9.17, 15) is 4.79 Å². The molecule has 0 amide bonds. The number of nitrogens with zero attached hydrogens (tertiary/aromatic N) is 1. The predicted molar refractivity (Wildman–Crippen MR) is 66.7 cm³/mol. The molecule has 0 atom stereocenters. The number of hydrogen-bond donors (Lipinski definition) is 3. The monoisotopic (exact) mass is 280 g/mol. The Bertz CT molecular complexity index is 549. The van der Waals surface area contributed by atoms with Gasteiger partial charge in [-0.15, -0.1) is 0 Å². The predicted octanol–water partition coefficient (Wildman–Crippen LogP) is 1.86. The Labute approximate surface area is 99.8 Å². The van der Waals surface area contributed by atoms with Crippen LogP contribution in [0.25, 0.3) is 0 Å². The molecule has 0 spiro atoms. The normalized spacial score (nSPS) is 10.1. The highest BCUT2D eigenvalue weighted by atomic mass is 79.9. The fourth-order valence-electron chi connectivity index (χ4n) is 1.17. The van der Waals surface area contributed by atoms with Gasteiger partial charge in [0.15, 0.2) is 5.82 Å². The molecule has 6 heteroatoms. The van der Waals surface area contributed by atoms with Crippen LogP contribution in [0.5, 0.6) is 0 Å². The van der Waals surface area contributed by atoms with Gasteiger partial charge in [0.05, 0.1) is 6.33 Å². The van der Waals surface area contributed by atoms with E-state index >= 15 is 0 Å². The number of halogens is 1. The van der Waals surface area contributed by atoms with Crippen molar-refractivity contribution in [2.75, 3.05) is 11.1 Å². The van der Waals surface area contributed by atoms with Crippen LogP contribution in [0.4, 0.5) is 17.2 Å². The van der Waals surface area contributed by atoms with Crippen molar-refractivity contribution < 1.29 is 0 Å². The van der Waals surface area contributed by atoms with Gasteiger partial charge in [-0.25, -0.2) is 4.98 Å². The first-order valence-electron chi connectivity index (χ1n) is 4.52. The zero-order chi connectivity index (χ0) is 11.5. The number of aromatic nitrogens is 2. The Hall–Kier alpha value is -1.82. The first-order chi connectivity index (χ1) is 7.66. The molecule has 0 saturated heterocycles. The van der Waals surface area contributed by atoms with Gasteiger partial charge in [0.2, 0.25) is 0 Å². The highest BCUT2D eigenvalue weighted by molar-refractivity contribution is 9.10. The van der Waals surface area contributed by atoms with E-state index in [1.807, 2.05) is 12.1 Å². The Kier molecular flexibility index (Phi) is 2.91. The van der Waals surface area contributed by atoms with E-state index in [1.165, 1.54) is 6.33 Å². The molecule has 0 radical (unpaired) electrons. The quantitative estimate of drug-likeness (QED) is 0.733. The minimum Gasteiger partial charge on any atom is -0.399 e. The van der Waals surface area contributed by atoms with Crippen LogP contribution >= 0.6 is 15.9 Å². The van der Waals surface area contributed by atoms with E-state index in [4.69, 9.17) is 5.73 Å². The maximum Gasteiger partial charge on any atom is 0.267 e.